The molecule has 0 bridgehead atoms. The third kappa shape index (κ3) is 4.48. The number of thioether (sulfide) groups is 1. The van der Waals surface area contributed by atoms with E-state index in [9.17, 15) is 8.42 Å². The Balaban J connectivity index is 2.38. The number of sulfonamides is 1. The zero-order valence-corrected chi connectivity index (χ0v) is 17.2. The highest BCUT2D eigenvalue weighted by Crippen LogP contribution is 2.42. The summed E-state index contributed by atoms with van der Waals surface area (Å²) in [7, 11) is -0.817. The molecule has 1 aromatic rings. The topological polar surface area (TPSA) is 66.6 Å². The van der Waals surface area contributed by atoms with Crippen molar-refractivity contribution in [2.45, 2.75) is 41.7 Å². The Kier molecular flexibility index (Phi) is 6.90. The largest absolute Gasteiger partial charge is 0.277 e. The van der Waals surface area contributed by atoms with E-state index in [2.05, 4.69) is 0 Å². The Morgan fingerprint density at radius 3 is 2.46 bits per heavy atom. The van der Waals surface area contributed by atoms with Crippen molar-refractivity contribution in [3.63, 3.8) is 0 Å². The van der Waals surface area contributed by atoms with Gasteiger partial charge in [0.05, 0.1) is 5.88 Å². The summed E-state index contributed by atoms with van der Waals surface area (Å²) in [6.07, 6.45) is 3.84. The van der Waals surface area contributed by atoms with E-state index in [1.807, 2.05) is 37.3 Å². The van der Waals surface area contributed by atoms with Crippen LogP contribution in [0.15, 0.2) is 47.4 Å². The summed E-state index contributed by atoms with van der Waals surface area (Å²) in [6.45, 7) is 2.47. The quantitative estimate of drug-likeness (QED) is 0.314. The fourth-order valence-electron chi connectivity index (χ4n) is 3.18. The minimum Gasteiger partial charge on any atom is -0.277 e. The fraction of sp³-hybridized carbons (Fsp3) is 0.556. The van der Waals surface area contributed by atoms with Crippen molar-refractivity contribution in [2.75, 3.05) is 26.5 Å². The lowest BCUT2D eigenvalue weighted by Gasteiger charge is -2.47. The molecule has 0 saturated heterocycles. The zero-order valence-electron chi connectivity index (χ0n) is 15.6. The molecule has 0 radical (unpaired) electrons. The van der Waals surface area contributed by atoms with Crippen LogP contribution in [0.2, 0.25) is 0 Å². The maximum atomic E-state index is 15.4. The van der Waals surface area contributed by atoms with Crippen molar-refractivity contribution >= 4 is 21.8 Å². The van der Waals surface area contributed by atoms with E-state index < -0.39 is 20.7 Å². The van der Waals surface area contributed by atoms with Crippen LogP contribution in [0.5, 0.6) is 0 Å². The van der Waals surface area contributed by atoms with Gasteiger partial charge in [-0.05, 0) is 32.6 Å². The Morgan fingerprint density at radius 1 is 1.27 bits per heavy atom. The average molecular weight is 402 g/mol. The van der Waals surface area contributed by atoms with Crippen LogP contribution in [-0.2, 0) is 10.0 Å². The molecule has 8 heteroatoms. The van der Waals surface area contributed by atoms with Gasteiger partial charge in [-0.1, -0.05) is 37.3 Å². The number of hydrogen-bond acceptors (Lipinski definition) is 5. The first-order chi connectivity index (χ1) is 12.1. The van der Waals surface area contributed by atoms with Gasteiger partial charge in [-0.2, -0.15) is 0 Å². The van der Waals surface area contributed by atoms with Crippen LogP contribution < -0.4 is 5.14 Å². The number of nitrogens with two attached hydrogens (primary N) is 1. The number of halogens is 1. The molecule has 146 valence electrons. The number of hydrogen-bond donors (Lipinski definition) is 1. The van der Waals surface area contributed by atoms with Crippen molar-refractivity contribution in [1.29, 1.82) is 0 Å². The maximum absolute atomic E-state index is 15.4. The molecule has 1 aliphatic carbocycles. The molecule has 0 heterocycles. The first-order valence-electron chi connectivity index (χ1n) is 8.64. The van der Waals surface area contributed by atoms with Gasteiger partial charge in [0.15, 0.2) is 10.7 Å². The van der Waals surface area contributed by atoms with Crippen LogP contribution in [0, 0.1) is 0 Å². The number of alkyl halides is 1. The fourth-order valence-corrected chi connectivity index (χ4v) is 5.50. The molecular weight excluding hydrogens is 373 g/mol. The average Bonchev–Trinajstić information content (AvgIpc) is 2.58. The second-order valence-electron chi connectivity index (χ2n) is 6.84. The maximum Gasteiger partial charge on any atom is 0.232 e. The highest BCUT2D eigenvalue weighted by Gasteiger charge is 2.53. The summed E-state index contributed by atoms with van der Waals surface area (Å²) in [5, 5.41) is 5.65. The normalized spacial score (nSPS) is 26.6. The molecule has 1 unspecified atom stereocenters. The van der Waals surface area contributed by atoms with E-state index in [1.165, 1.54) is 16.7 Å². The molecular formula is C18H28FN3O2S2. The Bertz CT molecular complexity index is 727. The van der Waals surface area contributed by atoms with E-state index in [0.717, 1.165) is 11.3 Å². The van der Waals surface area contributed by atoms with Gasteiger partial charge < -0.3 is 0 Å². The molecule has 0 saturated carbocycles. The highest BCUT2D eigenvalue weighted by molar-refractivity contribution is 7.99. The molecule has 0 aliphatic heterocycles. The first-order valence-corrected chi connectivity index (χ1v) is 11.2. The summed E-state index contributed by atoms with van der Waals surface area (Å²) in [4.78, 5) is 2.69. The van der Waals surface area contributed by atoms with E-state index in [4.69, 9.17) is 5.14 Å². The molecule has 2 N–H and O–H groups in total. The predicted octanol–water partition coefficient (Wildman–Crippen LogP) is 3.01. The van der Waals surface area contributed by atoms with Crippen molar-refractivity contribution in [1.82, 2.24) is 9.80 Å². The summed E-state index contributed by atoms with van der Waals surface area (Å²) >= 11 is 1.52. The van der Waals surface area contributed by atoms with Crippen LogP contribution in [0.4, 0.5) is 4.39 Å². The lowest BCUT2D eigenvalue weighted by molar-refractivity contribution is -0.0326. The van der Waals surface area contributed by atoms with E-state index in [0.29, 0.717) is 12.4 Å². The number of nitrogens with zero attached hydrogens (tertiary/aromatic N) is 2. The highest BCUT2D eigenvalue weighted by atomic mass is 32.2. The molecule has 1 aromatic carbocycles. The smallest absolute Gasteiger partial charge is 0.232 e. The van der Waals surface area contributed by atoms with Crippen LogP contribution >= 0.6 is 11.8 Å². The van der Waals surface area contributed by atoms with Crippen LogP contribution in [0.1, 0.15) is 26.2 Å². The molecule has 0 amide bonds. The molecule has 0 spiro atoms. The van der Waals surface area contributed by atoms with Gasteiger partial charge in [0.2, 0.25) is 10.0 Å². The third-order valence-corrected chi connectivity index (χ3v) is 7.36. The predicted molar refractivity (Wildman–Crippen MR) is 106 cm³/mol. The molecule has 26 heavy (non-hydrogen) atoms. The number of rotatable bonds is 8. The van der Waals surface area contributed by atoms with E-state index in [1.54, 1.807) is 31.1 Å². The number of benzene rings is 1. The molecule has 2 rings (SSSR count). The monoisotopic (exact) mass is 401 g/mol. The second kappa shape index (κ2) is 8.39. The first kappa shape index (κ1) is 21.4. The summed E-state index contributed by atoms with van der Waals surface area (Å²) in [5.74, 6) is -1.35. The van der Waals surface area contributed by atoms with Gasteiger partial charge in [-0.25, -0.2) is 17.9 Å². The Labute approximate surface area is 160 Å². The van der Waals surface area contributed by atoms with Crippen molar-refractivity contribution in [3.05, 3.63) is 42.5 Å². The SMILES string of the molecule is CCCN(CSc1ccccc1)[C@]1(S(N)(=O)=O)C=CCC(F)(N(C)C)C1. The molecule has 2 atom stereocenters. The van der Waals surface area contributed by atoms with Crippen molar-refractivity contribution in [3.8, 4) is 0 Å². The second-order valence-corrected chi connectivity index (χ2v) is 9.65. The van der Waals surface area contributed by atoms with Gasteiger partial charge in [0, 0.05) is 24.3 Å². The van der Waals surface area contributed by atoms with Crippen LogP contribution in [-0.4, -0.2) is 55.4 Å². The molecule has 0 aromatic heterocycles. The van der Waals surface area contributed by atoms with Crippen LogP contribution in [0.25, 0.3) is 0 Å². The third-order valence-electron chi connectivity index (χ3n) is 4.79. The zero-order chi connectivity index (χ0) is 19.4. The minimum atomic E-state index is -4.06. The molecule has 1 aliphatic rings. The van der Waals surface area contributed by atoms with E-state index >= 15 is 4.39 Å². The van der Waals surface area contributed by atoms with Crippen molar-refractivity contribution in [2.24, 2.45) is 5.14 Å². The Morgan fingerprint density at radius 2 is 1.92 bits per heavy atom. The summed E-state index contributed by atoms with van der Waals surface area (Å²) in [6, 6.07) is 9.73. The van der Waals surface area contributed by atoms with E-state index in [-0.39, 0.29) is 12.8 Å². The Hall–Kier alpha value is -0.930. The molecule has 5 nitrogen and oxygen atoms in total. The van der Waals surface area contributed by atoms with Gasteiger partial charge in [-0.15, -0.1) is 11.8 Å². The summed E-state index contributed by atoms with van der Waals surface area (Å²) in [5.41, 5.74) is 0. The minimum absolute atomic E-state index is 0.142. The lowest BCUT2D eigenvalue weighted by Crippen LogP contribution is -2.62. The molecule has 0 fully saturated rings. The van der Waals surface area contributed by atoms with Crippen molar-refractivity contribution < 1.29 is 12.8 Å². The van der Waals surface area contributed by atoms with Gasteiger partial charge in [0.1, 0.15) is 0 Å². The lowest BCUT2D eigenvalue weighted by atomic mass is 9.92. The standard InChI is InChI=1S/C18H28FN3O2S2/c1-4-13-22(15-25-16-9-6-5-7-10-16)18(26(20,23)24)12-8-11-17(19,14-18)21(2)3/h5-10,12H,4,11,13-15H2,1-3H3,(H2,20,23,24)/t17?,18-/m0/s1. The van der Waals surface area contributed by atoms with Gasteiger partial charge in [0.25, 0.3) is 0 Å². The summed E-state index contributed by atoms with van der Waals surface area (Å²) < 4.78 is 40.7. The van der Waals surface area contributed by atoms with Gasteiger partial charge >= 0.3 is 0 Å². The van der Waals surface area contributed by atoms with Crippen LogP contribution in [0.3, 0.4) is 0 Å². The number of primary sulfonamides is 1. The van der Waals surface area contributed by atoms with Gasteiger partial charge in [-0.3, -0.25) is 9.80 Å².